The van der Waals surface area contributed by atoms with Crippen LogP contribution in [0.5, 0.6) is 0 Å². The van der Waals surface area contributed by atoms with Crippen molar-refractivity contribution in [3.63, 3.8) is 0 Å². The highest BCUT2D eigenvalue weighted by atomic mass is 127. The Morgan fingerprint density at radius 3 is 2.67 bits per heavy atom. The molecule has 0 aliphatic heterocycles. The van der Waals surface area contributed by atoms with Gasteiger partial charge in [-0.3, -0.25) is 5.21 Å². The van der Waals surface area contributed by atoms with E-state index in [4.69, 9.17) is 22.3 Å². The zero-order valence-corrected chi connectivity index (χ0v) is 14.6. The van der Waals surface area contributed by atoms with Crippen molar-refractivity contribution in [3.05, 3.63) is 11.7 Å². The number of alkyl halides is 1. The quantitative estimate of drug-likeness (QED) is 0.274. The largest absolute Gasteiger partial charge is 0.611 e. The molecule has 7 nitrogen and oxygen atoms in total. The van der Waals surface area contributed by atoms with Gasteiger partial charge in [-0.05, 0) is 53.2 Å². The summed E-state index contributed by atoms with van der Waals surface area (Å²) < 4.78 is 1.19. The molecular formula is C13H26IN5O2-2. The first kappa shape index (κ1) is 17.8. The molecule has 21 heavy (non-hydrogen) atoms. The second-order valence-electron chi connectivity index (χ2n) is 6.36. The van der Waals surface area contributed by atoms with Crippen molar-refractivity contribution in [3.8, 4) is 0 Å². The lowest BCUT2D eigenvalue weighted by Gasteiger charge is -2.47. The van der Waals surface area contributed by atoms with Gasteiger partial charge in [0.2, 0.25) is 0 Å². The molecule has 2 fully saturated rings. The Kier molecular flexibility index (Phi) is 6.23. The number of hydrogen-bond acceptors (Lipinski definition) is 5. The first-order valence-electron chi connectivity index (χ1n) is 7.68. The molecule has 0 amide bonds. The number of fused-ring (bicyclic) bond motifs is 2. The maximum absolute atomic E-state index is 9.48. The average Bonchev–Trinajstić information content (AvgIpc) is 2.91. The van der Waals surface area contributed by atoms with E-state index in [1.807, 2.05) is 0 Å². The SMILES string of the molecule is CCCC1C(CCCI)C2CC1C(N)(ON(O)N([NH-])[NH-])C2. The van der Waals surface area contributed by atoms with Gasteiger partial charge in [0.1, 0.15) is 5.72 Å². The summed E-state index contributed by atoms with van der Waals surface area (Å²) in [6.07, 6.45) is 6.48. The molecule has 0 radical (unpaired) electrons. The molecule has 5 unspecified atom stereocenters. The zero-order chi connectivity index (χ0) is 15.6. The Morgan fingerprint density at radius 1 is 1.38 bits per heavy atom. The van der Waals surface area contributed by atoms with Gasteiger partial charge in [-0.2, -0.15) is 0 Å². The highest BCUT2D eigenvalue weighted by Gasteiger charge is 2.59. The number of hydrogen-bond donors (Lipinski definition) is 2. The highest BCUT2D eigenvalue weighted by molar-refractivity contribution is 14.1. The number of halogens is 1. The van der Waals surface area contributed by atoms with Gasteiger partial charge < -0.3 is 22.6 Å². The predicted octanol–water partition coefficient (Wildman–Crippen LogP) is 3.70. The van der Waals surface area contributed by atoms with Gasteiger partial charge in [0.15, 0.2) is 0 Å². The Bertz CT molecular complexity index is 349. The van der Waals surface area contributed by atoms with E-state index in [1.165, 1.54) is 17.3 Å². The summed E-state index contributed by atoms with van der Waals surface area (Å²) >= 11 is 2.43. The molecule has 8 heteroatoms. The molecule has 5 atom stereocenters. The van der Waals surface area contributed by atoms with Crippen molar-refractivity contribution < 1.29 is 10.0 Å². The van der Waals surface area contributed by atoms with E-state index in [2.05, 4.69) is 29.5 Å². The fourth-order valence-electron chi connectivity index (χ4n) is 4.49. The first-order valence-corrected chi connectivity index (χ1v) is 9.21. The molecular weight excluding hydrogens is 385 g/mol. The molecule has 2 rings (SSSR count). The van der Waals surface area contributed by atoms with Crippen LogP contribution < -0.4 is 5.73 Å². The van der Waals surface area contributed by atoms with Crippen LogP contribution in [0.15, 0.2) is 0 Å². The Labute approximate surface area is 140 Å². The lowest BCUT2D eigenvalue weighted by Crippen LogP contribution is -2.56. The summed E-state index contributed by atoms with van der Waals surface area (Å²) in [5, 5.41) is 9.62. The summed E-state index contributed by atoms with van der Waals surface area (Å²) in [6, 6.07) is 0. The minimum Gasteiger partial charge on any atom is -0.611 e. The summed E-state index contributed by atoms with van der Waals surface area (Å²) in [5.74, 6) is 16.0. The number of nitrogens with two attached hydrogens (primary N) is 1. The van der Waals surface area contributed by atoms with E-state index in [1.54, 1.807) is 0 Å². The topological polar surface area (TPSA) is 110 Å². The van der Waals surface area contributed by atoms with E-state index in [-0.39, 0.29) is 16.5 Å². The number of rotatable bonds is 8. The molecule has 0 saturated heterocycles. The van der Waals surface area contributed by atoms with Gasteiger partial charge in [-0.15, -0.1) is 0 Å². The van der Waals surface area contributed by atoms with Crippen LogP contribution in [0, 0.1) is 23.7 Å². The zero-order valence-electron chi connectivity index (χ0n) is 12.5. The predicted molar refractivity (Wildman–Crippen MR) is 88.3 cm³/mol. The van der Waals surface area contributed by atoms with Gasteiger partial charge >= 0.3 is 0 Å². The van der Waals surface area contributed by atoms with Crippen molar-refractivity contribution in [2.75, 3.05) is 4.43 Å². The molecule has 2 aliphatic carbocycles. The van der Waals surface area contributed by atoms with Crippen LogP contribution in [0.3, 0.4) is 0 Å². The van der Waals surface area contributed by atoms with Crippen LogP contribution in [-0.4, -0.2) is 25.9 Å². The van der Waals surface area contributed by atoms with Gasteiger partial charge in [0.05, 0.1) is 0 Å². The van der Waals surface area contributed by atoms with Crippen molar-refractivity contribution in [1.29, 1.82) is 0 Å². The van der Waals surface area contributed by atoms with E-state index >= 15 is 0 Å². The van der Waals surface area contributed by atoms with Crippen molar-refractivity contribution >= 4 is 22.6 Å². The lowest BCUT2D eigenvalue weighted by atomic mass is 9.71. The number of hydrazine groups is 1. The average molecular weight is 411 g/mol. The molecule has 0 aromatic rings. The molecule has 2 saturated carbocycles. The minimum atomic E-state index is -0.944. The molecule has 0 spiro atoms. The molecule has 5 N–H and O–H groups in total. The molecule has 2 aliphatic rings. The molecule has 0 aromatic carbocycles. The van der Waals surface area contributed by atoms with Crippen LogP contribution in [-0.2, 0) is 4.84 Å². The van der Waals surface area contributed by atoms with E-state index in [0.717, 1.165) is 19.3 Å². The van der Waals surface area contributed by atoms with E-state index < -0.39 is 5.72 Å². The summed E-state index contributed by atoms with van der Waals surface area (Å²) in [6.45, 7) is 2.19. The van der Waals surface area contributed by atoms with Gasteiger partial charge in [-0.1, -0.05) is 42.4 Å². The van der Waals surface area contributed by atoms with E-state index in [9.17, 15) is 5.21 Å². The fourth-order valence-corrected chi connectivity index (χ4v) is 4.93. The number of nitrogens with zero attached hydrogens (tertiary/aromatic N) is 2. The number of nitrogens with one attached hydrogen (secondary N) is 2. The van der Waals surface area contributed by atoms with Crippen LogP contribution in [0.25, 0.3) is 11.7 Å². The summed E-state index contributed by atoms with van der Waals surface area (Å²) in [4.78, 5) is 5.34. The standard InChI is InChI=1S/C13H26IN5O2/c1-2-4-11-10(5-3-6-14)9-7-12(11)13(15,8-9)21-19(20)18(16)17/h9-12,16-17,20H,2-8,15H2,1H3/q-2. The summed E-state index contributed by atoms with van der Waals surface area (Å²) in [7, 11) is 0. The van der Waals surface area contributed by atoms with Crippen LogP contribution in [0.2, 0.25) is 0 Å². The highest BCUT2D eigenvalue weighted by Crippen LogP contribution is 2.59. The van der Waals surface area contributed by atoms with Crippen molar-refractivity contribution in [2.24, 2.45) is 29.4 Å². The smallest absolute Gasteiger partial charge is 0.145 e. The van der Waals surface area contributed by atoms with Crippen molar-refractivity contribution in [2.45, 2.75) is 51.2 Å². The first-order chi connectivity index (χ1) is 9.92. The molecule has 0 aromatic heterocycles. The van der Waals surface area contributed by atoms with E-state index in [0.29, 0.717) is 24.2 Å². The van der Waals surface area contributed by atoms with Crippen LogP contribution in [0.4, 0.5) is 0 Å². The fraction of sp³-hybridized carbons (Fsp3) is 1.00. The Hall–Kier alpha value is 0.450. The monoisotopic (exact) mass is 411 g/mol. The van der Waals surface area contributed by atoms with Crippen LogP contribution >= 0.6 is 22.6 Å². The Morgan fingerprint density at radius 2 is 2.10 bits per heavy atom. The van der Waals surface area contributed by atoms with Crippen LogP contribution in [0.1, 0.15) is 45.4 Å². The third-order valence-electron chi connectivity index (χ3n) is 5.15. The van der Waals surface area contributed by atoms with Gasteiger partial charge in [-0.25, -0.2) is 4.84 Å². The van der Waals surface area contributed by atoms with Gasteiger partial charge in [0.25, 0.3) is 0 Å². The second-order valence-corrected chi connectivity index (χ2v) is 7.44. The third-order valence-corrected chi connectivity index (χ3v) is 5.92. The normalized spacial score (nSPS) is 38.9. The lowest BCUT2D eigenvalue weighted by molar-refractivity contribution is -0.461. The molecule has 0 heterocycles. The summed E-state index contributed by atoms with van der Waals surface area (Å²) in [5.41, 5.74) is 5.43. The van der Waals surface area contributed by atoms with Gasteiger partial charge in [0, 0.05) is 5.92 Å². The van der Waals surface area contributed by atoms with Crippen molar-refractivity contribution in [1.82, 2.24) is 10.6 Å². The molecule has 2 bridgehead atoms. The third kappa shape index (κ3) is 3.69. The maximum atomic E-state index is 9.48. The minimum absolute atomic E-state index is 0.00297. The maximum Gasteiger partial charge on any atom is 0.145 e. The molecule has 124 valence electrons. The Balaban J connectivity index is 2.06. The second kappa shape index (κ2) is 7.35.